The second-order valence-electron chi connectivity index (χ2n) is 24.6. The van der Waals surface area contributed by atoms with Gasteiger partial charge in [-0.25, -0.2) is 14.0 Å². The Morgan fingerprint density at radius 1 is 0.400 bits per heavy atom. The third kappa shape index (κ3) is 17.3. The molecule has 0 bridgehead atoms. The molecule has 0 amide bonds. The van der Waals surface area contributed by atoms with Crippen molar-refractivity contribution < 1.29 is 42.6 Å². The van der Waals surface area contributed by atoms with Gasteiger partial charge in [-0.05, 0) is 120 Å². The van der Waals surface area contributed by atoms with Gasteiger partial charge in [0.15, 0.2) is 11.6 Å². The Bertz CT molecular complexity index is 3920. The van der Waals surface area contributed by atoms with Gasteiger partial charge >= 0.3 is 18.0 Å². The lowest BCUT2D eigenvalue weighted by atomic mass is 10.1. The normalized spacial score (nSPS) is 19.6. The number of aryl methyl sites for hydroxylation is 3. The molecule has 4 unspecified atom stereocenters. The molecule has 0 radical (unpaired) electrons. The monoisotopic (exact) mass is 1290 g/mol. The van der Waals surface area contributed by atoms with E-state index in [0.717, 1.165) is 174 Å². The molecule has 6 aliphatic rings. The molecule has 15 rings (SSSR count). The number of rotatable bonds is 19. The number of ether oxygens (including phenoxy) is 9. The first-order valence-electron chi connectivity index (χ1n) is 33.4. The van der Waals surface area contributed by atoms with Crippen molar-refractivity contribution in [1.82, 2.24) is 59.2 Å². The fourth-order valence-corrected chi connectivity index (χ4v) is 12.2. The summed E-state index contributed by atoms with van der Waals surface area (Å²) in [6, 6.07) is 37.8. The first-order chi connectivity index (χ1) is 46.7. The van der Waals surface area contributed by atoms with Crippen LogP contribution in [-0.4, -0.2) is 196 Å². The molecule has 6 fully saturated rings. The molecule has 24 heteroatoms. The number of methoxy groups -OCH3 is 1. The fraction of sp³-hybridized carbons (Fsp3) is 0.451. The van der Waals surface area contributed by atoms with Gasteiger partial charge < -0.3 is 57.3 Å². The molecule has 0 N–H and O–H groups in total. The van der Waals surface area contributed by atoms with Crippen molar-refractivity contribution >= 4 is 17.5 Å². The predicted molar refractivity (Wildman–Crippen MR) is 360 cm³/mol. The van der Waals surface area contributed by atoms with Crippen LogP contribution in [0.15, 0.2) is 128 Å². The molecule has 3 aromatic carbocycles. The van der Waals surface area contributed by atoms with Crippen molar-refractivity contribution in [3.8, 4) is 69.3 Å². The van der Waals surface area contributed by atoms with Crippen LogP contribution in [0.25, 0.3) is 51.2 Å². The van der Waals surface area contributed by atoms with Crippen molar-refractivity contribution in [3.05, 3.63) is 144 Å². The third-order valence-corrected chi connectivity index (χ3v) is 17.4. The van der Waals surface area contributed by atoms with E-state index >= 15 is 0 Å². The summed E-state index contributed by atoms with van der Waals surface area (Å²) in [4.78, 5) is 34.7. The number of hydrogen-bond donors (Lipinski definition) is 0. The number of aromatic nitrogens is 12. The van der Waals surface area contributed by atoms with Crippen molar-refractivity contribution in [3.63, 3.8) is 0 Å². The van der Waals surface area contributed by atoms with Gasteiger partial charge in [0.25, 0.3) is 0 Å². The Morgan fingerprint density at radius 2 is 0.863 bits per heavy atom. The zero-order chi connectivity index (χ0) is 64.7. The summed E-state index contributed by atoms with van der Waals surface area (Å²) in [5.41, 5.74) is 10.1. The van der Waals surface area contributed by atoms with Crippen LogP contribution in [0.1, 0.15) is 68.1 Å². The van der Waals surface area contributed by atoms with E-state index in [1.165, 1.54) is 16.7 Å². The van der Waals surface area contributed by atoms with E-state index in [1.807, 2.05) is 83.9 Å². The quantitative estimate of drug-likeness (QED) is 0.0734. The SMILES string of the molecule is COC1CCN(c2cc(-n3ccc(-c4cccc(C)c4)n3)nc(OCC3CCCO3)n2)C1.Cc1cccc(-c2ccn(-c3cc(N4CCCOCC4)nc(OCC4CCCO4)n3)n2)c1.Cc1cccc(-n2ccc(-c3cc(N4CCOCC4)nc(OCC4CCCO4)n3)n2)c1. The second-order valence-corrected chi connectivity index (χ2v) is 24.6. The Morgan fingerprint density at radius 3 is 1.38 bits per heavy atom. The van der Waals surface area contributed by atoms with Crippen molar-refractivity contribution in [2.24, 2.45) is 0 Å². The van der Waals surface area contributed by atoms with Crippen LogP contribution in [0, 0.1) is 20.8 Å². The van der Waals surface area contributed by atoms with Crippen LogP contribution >= 0.6 is 0 Å². The lowest BCUT2D eigenvalue weighted by Gasteiger charge is -2.28. The van der Waals surface area contributed by atoms with Crippen LogP contribution in [0.2, 0.25) is 0 Å². The van der Waals surface area contributed by atoms with E-state index in [4.69, 9.17) is 62.9 Å². The third-order valence-electron chi connectivity index (χ3n) is 17.4. The maximum absolute atomic E-state index is 5.98. The van der Waals surface area contributed by atoms with Gasteiger partial charge in [0.05, 0.1) is 67.0 Å². The van der Waals surface area contributed by atoms with Gasteiger partial charge in [0.1, 0.15) is 43.0 Å². The van der Waals surface area contributed by atoms with Crippen LogP contribution in [0.5, 0.6) is 18.0 Å². The zero-order valence-corrected chi connectivity index (χ0v) is 54.8. The molecule has 9 aromatic rings. The number of anilines is 3. The maximum atomic E-state index is 5.98. The Labute approximate surface area is 554 Å². The molecule has 4 atom stereocenters. The Balaban J connectivity index is 0.000000129. The smallest absolute Gasteiger partial charge is 0.320 e. The molecular formula is C71H85N15O9. The largest absolute Gasteiger partial charge is 0.461 e. The minimum atomic E-state index is 0.105. The predicted octanol–water partition coefficient (Wildman–Crippen LogP) is 9.87. The molecule has 6 aliphatic heterocycles. The van der Waals surface area contributed by atoms with Crippen LogP contribution in [0.3, 0.4) is 0 Å². The first kappa shape index (κ1) is 64.8. The lowest BCUT2D eigenvalue weighted by Crippen LogP contribution is -2.36. The van der Waals surface area contributed by atoms with Gasteiger partial charge in [-0.1, -0.05) is 59.7 Å². The zero-order valence-electron chi connectivity index (χ0n) is 54.8. The van der Waals surface area contributed by atoms with Crippen molar-refractivity contribution in [2.75, 3.05) is 127 Å². The van der Waals surface area contributed by atoms with Crippen LogP contribution in [0.4, 0.5) is 17.5 Å². The highest BCUT2D eigenvalue weighted by Crippen LogP contribution is 2.30. The van der Waals surface area contributed by atoms with E-state index in [0.29, 0.717) is 69.3 Å². The van der Waals surface area contributed by atoms with Gasteiger partial charge in [-0.2, -0.15) is 45.2 Å². The number of benzene rings is 3. The van der Waals surface area contributed by atoms with E-state index in [2.05, 4.69) is 109 Å². The van der Waals surface area contributed by atoms with E-state index < -0.39 is 0 Å². The average molecular weight is 1290 g/mol. The molecule has 0 saturated carbocycles. The van der Waals surface area contributed by atoms with Crippen molar-refractivity contribution in [2.45, 2.75) is 96.6 Å². The number of morpholine rings is 1. The van der Waals surface area contributed by atoms with Crippen LogP contribution < -0.4 is 28.9 Å². The van der Waals surface area contributed by atoms with Gasteiger partial charge in [0.2, 0.25) is 0 Å². The summed E-state index contributed by atoms with van der Waals surface area (Å²) in [6.07, 6.45) is 14.5. The number of nitrogens with zero attached hydrogens (tertiary/aromatic N) is 15. The van der Waals surface area contributed by atoms with Crippen molar-refractivity contribution in [1.29, 1.82) is 0 Å². The highest BCUT2D eigenvalue weighted by molar-refractivity contribution is 5.62. The lowest BCUT2D eigenvalue weighted by molar-refractivity contribution is 0.0645. The molecule has 498 valence electrons. The average Bonchev–Trinajstić information content (AvgIpc) is 1.85. The van der Waals surface area contributed by atoms with Gasteiger partial charge in [-0.15, -0.1) is 0 Å². The topological polar surface area (TPSA) is 224 Å². The highest BCUT2D eigenvalue weighted by atomic mass is 16.6. The Kier molecular flexibility index (Phi) is 21.5. The fourth-order valence-electron chi connectivity index (χ4n) is 12.2. The molecule has 6 saturated heterocycles. The van der Waals surface area contributed by atoms with E-state index in [1.54, 1.807) is 16.5 Å². The summed E-state index contributed by atoms with van der Waals surface area (Å²) in [5.74, 6) is 3.85. The van der Waals surface area contributed by atoms with Gasteiger partial charge in [0, 0.05) is 121 Å². The maximum Gasteiger partial charge on any atom is 0.320 e. The molecule has 95 heavy (non-hydrogen) atoms. The molecule has 0 aliphatic carbocycles. The molecule has 24 nitrogen and oxygen atoms in total. The van der Waals surface area contributed by atoms with E-state index in [9.17, 15) is 0 Å². The molecular weight excluding hydrogens is 1210 g/mol. The summed E-state index contributed by atoms with van der Waals surface area (Å²) in [7, 11) is 1.76. The van der Waals surface area contributed by atoms with Crippen LogP contribution in [-0.2, 0) is 28.4 Å². The summed E-state index contributed by atoms with van der Waals surface area (Å²) >= 11 is 0. The molecule has 6 aromatic heterocycles. The Hall–Kier alpha value is -8.91. The van der Waals surface area contributed by atoms with E-state index in [-0.39, 0.29) is 24.4 Å². The summed E-state index contributed by atoms with van der Waals surface area (Å²) < 4.78 is 57.0. The second kappa shape index (κ2) is 31.6. The summed E-state index contributed by atoms with van der Waals surface area (Å²) in [6.45, 7) is 17.8. The standard InChI is InChI=1S/2C24H29N5O3.C23H27N5O3/c1-17-5-3-6-18(13-17)21-9-11-29(27-21)23-14-22(28-10-8-19(15-28)30-2)25-24(26-23)32-16-20-7-4-12-31-20;1-18-5-2-6-19(15-18)21-8-10-29(27-21)23-16-22(28-9-4-12-30-14-11-28)25-24(26-23)32-17-20-7-3-13-31-20;1-17-4-2-5-18(14-17)28-8-7-20(26-28)21-15-22(27-9-12-29-13-10-27)25-23(24-21)31-16-19-6-3-11-30-19/h3,5-6,9,11,13-14,19-20H,4,7-8,10,12,15-16H2,1-2H3;2,5-6,8,10,15-16,20H,3-4,7,9,11-14,17H2,1H3;2,4-5,7-8,14-15,19H,3,6,9-13,16H2,1H3. The summed E-state index contributed by atoms with van der Waals surface area (Å²) in [5, 5.41) is 14.3. The minimum absolute atomic E-state index is 0.105. The molecule has 0 spiro atoms. The van der Waals surface area contributed by atoms with Gasteiger partial charge in [-0.3, -0.25) is 0 Å². The highest BCUT2D eigenvalue weighted by Gasteiger charge is 2.27. The minimum Gasteiger partial charge on any atom is -0.461 e. The molecule has 12 heterocycles. The number of hydrogen-bond acceptors (Lipinski definition) is 21. The first-order valence-corrected chi connectivity index (χ1v) is 33.4.